The highest BCUT2D eigenvalue weighted by molar-refractivity contribution is 5.54. The Morgan fingerprint density at radius 1 is 0.625 bits per heavy atom. The molecule has 0 spiro atoms. The van der Waals surface area contributed by atoms with Crippen molar-refractivity contribution in [2.24, 2.45) is 11.8 Å². The van der Waals surface area contributed by atoms with Crippen LogP contribution < -0.4 is 0 Å². The van der Waals surface area contributed by atoms with Crippen LogP contribution in [0.4, 0.5) is 0 Å². The summed E-state index contributed by atoms with van der Waals surface area (Å²) in [5, 5.41) is 0. The van der Waals surface area contributed by atoms with Gasteiger partial charge < -0.3 is 19.2 Å². The molecule has 0 rings (SSSR count). The zero-order valence-electron chi connectivity index (χ0n) is 9.93. The molecule has 0 saturated carbocycles. The lowest BCUT2D eigenvalue weighted by Gasteiger charge is -1.97. The first-order valence-electron chi connectivity index (χ1n) is 5.36. The van der Waals surface area contributed by atoms with Crippen molar-refractivity contribution in [3.8, 4) is 0 Å². The molecule has 0 heterocycles. The molecule has 92 valence electrons. The Kier molecular flexibility index (Phi) is 14.6. The maximum absolute atomic E-state index is 9.77. The van der Waals surface area contributed by atoms with Gasteiger partial charge in [0.05, 0.1) is 0 Å². The minimum absolute atomic E-state index is 0.227. The van der Waals surface area contributed by atoms with Gasteiger partial charge in [-0.15, -0.1) is 0 Å². The Balaban J connectivity index is 0. The fraction of sp³-hybridized carbons (Fsp3) is 0.667. The van der Waals surface area contributed by atoms with Crippen molar-refractivity contribution in [3.63, 3.8) is 0 Å². The van der Waals surface area contributed by atoms with Crippen LogP contribution in [0.3, 0.4) is 0 Å². The quantitative estimate of drug-likeness (QED) is 0.592. The van der Waals surface area contributed by atoms with Crippen LogP contribution in [0, 0.1) is 11.8 Å². The van der Waals surface area contributed by atoms with E-state index in [4.69, 9.17) is 0 Å². The molecule has 0 fully saturated rings. The molecule has 0 aliphatic rings. The van der Waals surface area contributed by atoms with E-state index in [1.807, 2.05) is 13.8 Å². The summed E-state index contributed by atoms with van der Waals surface area (Å²) in [6.07, 6.45) is 5.36. The second-order valence-electron chi connectivity index (χ2n) is 3.82. The predicted octanol–water partition coefficient (Wildman–Crippen LogP) is 1.60. The van der Waals surface area contributed by atoms with Crippen molar-refractivity contribution < 1.29 is 19.2 Å². The summed E-state index contributed by atoms with van der Waals surface area (Å²) < 4.78 is 0. The Bertz CT molecular complexity index is 159. The van der Waals surface area contributed by atoms with Crippen molar-refractivity contribution in [1.82, 2.24) is 0 Å². The van der Waals surface area contributed by atoms with E-state index in [0.717, 1.165) is 25.1 Å². The molecule has 0 aromatic carbocycles. The first-order chi connectivity index (χ1) is 7.62. The van der Waals surface area contributed by atoms with Crippen LogP contribution in [0.25, 0.3) is 0 Å². The number of carbonyl (C=O) groups excluding carboxylic acids is 4. The van der Waals surface area contributed by atoms with E-state index in [1.54, 1.807) is 0 Å². The van der Waals surface area contributed by atoms with E-state index in [-0.39, 0.29) is 11.8 Å². The lowest BCUT2D eigenvalue weighted by atomic mass is 10.1. The largest absolute Gasteiger partial charge is 0.303 e. The standard InChI is InChI=1S/2C6H10O2/c2*1-6(2-4-7)3-5-8/h2*4-6H,2-3H2,1H3. The van der Waals surface area contributed by atoms with E-state index in [2.05, 4.69) is 0 Å². The van der Waals surface area contributed by atoms with Gasteiger partial charge in [0, 0.05) is 25.7 Å². The summed E-state index contributed by atoms with van der Waals surface area (Å²) >= 11 is 0. The van der Waals surface area contributed by atoms with Crippen LogP contribution in [-0.4, -0.2) is 25.1 Å². The Hall–Kier alpha value is -1.32. The molecule has 0 saturated heterocycles. The molecule has 0 aromatic heterocycles. The van der Waals surface area contributed by atoms with Crippen LogP contribution >= 0.6 is 0 Å². The van der Waals surface area contributed by atoms with Crippen LogP contribution in [0.1, 0.15) is 39.5 Å². The Morgan fingerprint density at radius 3 is 0.938 bits per heavy atom. The number of rotatable bonds is 8. The van der Waals surface area contributed by atoms with E-state index < -0.39 is 0 Å². The van der Waals surface area contributed by atoms with Gasteiger partial charge in [0.25, 0.3) is 0 Å². The summed E-state index contributed by atoms with van der Waals surface area (Å²) in [5.41, 5.74) is 0. The van der Waals surface area contributed by atoms with Crippen molar-refractivity contribution in [3.05, 3.63) is 0 Å². The summed E-state index contributed by atoms with van der Waals surface area (Å²) in [6, 6.07) is 0. The molecule has 0 N–H and O–H groups in total. The third-order valence-corrected chi connectivity index (χ3v) is 1.99. The first kappa shape index (κ1) is 17.1. The summed E-state index contributed by atoms with van der Waals surface area (Å²) in [4.78, 5) is 39.1. The number of hydrogen-bond donors (Lipinski definition) is 0. The van der Waals surface area contributed by atoms with E-state index in [9.17, 15) is 19.2 Å². The maximum atomic E-state index is 9.77. The second kappa shape index (κ2) is 13.7. The number of carbonyl (C=O) groups is 4. The van der Waals surface area contributed by atoms with E-state index in [1.165, 1.54) is 0 Å². The Morgan fingerprint density at radius 2 is 0.812 bits per heavy atom. The average Bonchev–Trinajstić information content (AvgIpc) is 2.20. The average molecular weight is 228 g/mol. The van der Waals surface area contributed by atoms with Gasteiger partial charge in [-0.1, -0.05) is 13.8 Å². The topological polar surface area (TPSA) is 68.3 Å². The second-order valence-corrected chi connectivity index (χ2v) is 3.82. The minimum Gasteiger partial charge on any atom is -0.303 e. The predicted molar refractivity (Wildman–Crippen MR) is 61.1 cm³/mol. The van der Waals surface area contributed by atoms with Crippen LogP contribution in [0.2, 0.25) is 0 Å². The van der Waals surface area contributed by atoms with Crippen molar-refractivity contribution in [1.29, 1.82) is 0 Å². The van der Waals surface area contributed by atoms with Crippen LogP contribution in [0.5, 0.6) is 0 Å². The summed E-state index contributed by atoms with van der Waals surface area (Å²) in [5.74, 6) is 0.454. The van der Waals surface area contributed by atoms with Gasteiger partial charge in [-0.05, 0) is 11.8 Å². The highest BCUT2D eigenvalue weighted by Gasteiger charge is 1.97. The lowest BCUT2D eigenvalue weighted by Crippen LogP contribution is -1.94. The molecular weight excluding hydrogens is 208 g/mol. The molecule has 0 radical (unpaired) electrons. The van der Waals surface area contributed by atoms with Crippen molar-refractivity contribution in [2.45, 2.75) is 39.5 Å². The molecule has 0 bridgehead atoms. The first-order valence-corrected chi connectivity index (χ1v) is 5.36. The SMILES string of the molecule is CC(CC=O)CC=O.CC(CC=O)CC=O. The zero-order valence-corrected chi connectivity index (χ0v) is 9.93. The monoisotopic (exact) mass is 228 g/mol. The third kappa shape index (κ3) is 15.2. The van der Waals surface area contributed by atoms with E-state index >= 15 is 0 Å². The van der Waals surface area contributed by atoms with Gasteiger partial charge in [0.2, 0.25) is 0 Å². The maximum Gasteiger partial charge on any atom is 0.120 e. The molecule has 4 nitrogen and oxygen atoms in total. The molecule has 0 aromatic rings. The van der Waals surface area contributed by atoms with Crippen LogP contribution in [0.15, 0.2) is 0 Å². The zero-order chi connectivity index (χ0) is 12.8. The minimum atomic E-state index is 0.227. The smallest absolute Gasteiger partial charge is 0.120 e. The fourth-order valence-corrected chi connectivity index (χ4v) is 0.850. The lowest BCUT2D eigenvalue weighted by molar-refractivity contribution is -0.111. The van der Waals surface area contributed by atoms with Crippen LogP contribution in [-0.2, 0) is 19.2 Å². The van der Waals surface area contributed by atoms with Crippen molar-refractivity contribution in [2.75, 3.05) is 0 Å². The molecule has 0 aliphatic carbocycles. The fourth-order valence-electron chi connectivity index (χ4n) is 0.850. The Labute approximate surface area is 96.4 Å². The van der Waals surface area contributed by atoms with Gasteiger partial charge in [-0.25, -0.2) is 0 Å². The highest BCUT2D eigenvalue weighted by Crippen LogP contribution is 2.01. The van der Waals surface area contributed by atoms with Gasteiger partial charge in [0.1, 0.15) is 25.1 Å². The molecule has 0 unspecified atom stereocenters. The number of aldehydes is 4. The van der Waals surface area contributed by atoms with Gasteiger partial charge in [-0.2, -0.15) is 0 Å². The summed E-state index contributed by atoms with van der Waals surface area (Å²) in [6.45, 7) is 3.76. The molecule has 0 amide bonds. The highest BCUT2D eigenvalue weighted by atomic mass is 16.1. The van der Waals surface area contributed by atoms with Crippen molar-refractivity contribution >= 4 is 25.1 Å². The van der Waals surface area contributed by atoms with E-state index in [0.29, 0.717) is 25.7 Å². The van der Waals surface area contributed by atoms with Gasteiger partial charge in [-0.3, -0.25) is 0 Å². The normalized spacial score (nSPS) is 9.25. The van der Waals surface area contributed by atoms with Gasteiger partial charge in [0.15, 0.2) is 0 Å². The third-order valence-electron chi connectivity index (χ3n) is 1.99. The molecule has 4 heteroatoms. The summed E-state index contributed by atoms with van der Waals surface area (Å²) in [7, 11) is 0. The molecular formula is C12H20O4. The van der Waals surface area contributed by atoms with Gasteiger partial charge >= 0.3 is 0 Å². The molecule has 0 aliphatic heterocycles. The molecule has 16 heavy (non-hydrogen) atoms. The molecule has 0 atom stereocenters. The number of hydrogen-bond acceptors (Lipinski definition) is 4.